The third-order valence-electron chi connectivity index (χ3n) is 3.81. The minimum Gasteiger partial charge on any atom is -0.481 e. The number of aliphatic carboxylic acids is 1. The molecule has 1 aliphatic rings. The zero-order valence-electron chi connectivity index (χ0n) is 10.7. The maximum Gasteiger partial charge on any atom is 0.303 e. The molecule has 0 aromatic heterocycles. The van der Waals surface area contributed by atoms with Crippen LogP contribution in [0.4, 0.5) is 0 Å². The smallest absolute Gasteiger partial charge is 0.303 e. The average Bonchev–Trinajstić information content (AvgIpc) is 2.54. The van der Waals surface area contributed by atoms with E-state index < -0.39 is 5.97 Å². The van der Waals surface area contributed by atoms with Crippen LogP contribution in [0, 0.1) is 0 Å². The molecule has 1 aromatic carbocycles. The highest BCUT2D eigenvalue weighted by molar-refractivity contribution is 5.68. The van der Waals surface area contributed by atoms with E-state index in [1.54, 1.807) is 0 Å². The van der Waals surface area contributed by atoms with Gasteiger partial charge in [-0.3, -0.25) is 4.79 Å². The molecule has 0 saturated carbocycles. The van der Waals surface area contributed by atoms with E-state index >= 15 is 0 Å². The van der Waals surface area contributed by atoms with Crippen molar-refractivity contribution in [2.75, 3.05) is 0 Å². The lowest BCUT2D eigenvalue weighted by molar-refractivity contribution is -0.137. The number of hydrogen-bond acceptors (Lipinski definition) is 1. The van der Waals surface area contributed by atoms with E-state index in [-0.39, 0.29) is 12.3 Å². The van der Waals surface area contributed by atoms with E-state index in [1.165, 1.54) is 16.7 Å². The quantitative estimate of drug-likeness (QED) is 0.858. The second-order valence-corrected chi connectivity index (χ2v) is 5.47. The predicted octanol–water partition coefficient (Wildman–Crippen LogP) is 3.88. The monoisotopic (exact) mass is 232 g/mol. The number of rotatable bonds is 3. The summed E-state index contributed by atoms with van der Waals surface area (Å²) < 4.78 is 0. The van der Waals surface area contributed by atoms with Gasteiger partial charge in [-0.15, -0.1) is 0 Å². The van der Waals surface area contributed by atoms with Gasteiger partial charge < -0.3 is 5.11 Å². The van der Waals surface area contributed by atoms with Gasteiger partial charge in [-0.05, 0) is 40.9 Å². The van der Waals surface area contributed by atoms with Crippen molar-refractivity contribution in [3.8, 4) is 0 Å². The van der Waals surface area contributed by atoms with Gasteiger partial charge in [-0.2, -0.15) is 0 Å². The standard InChI is InChI=1S/C15H20O2/c1-9(2)11-4-5-13-10(3)6-12(8-15(16)17)14(13)7-11/h4-5,7,9-10,12H,6,8H2,1-3H3,(H,16,17). The number of fused-ring (bicyclic) bond motifs is 1. The van der Waals surface area contributed by atoms with Crippen molar-refractivity contribution in [3.63, 3.8) is 0 Å². The molecule has 0 bridgehead atoms. The molecular weight excluding hydrogens is 212 g/mol. The second-order valence-electron chi connectivity index (χ2n) is 5.47. The van der Waals surface area contributed by atoms with Gasteiger partial charge in [-0.25, -0.2) is 0 Å². The molecule has 1 aliphatic carbocycles. The van der Waals surface area contributed by atoms with E-state index in [4.69, 9.17) is 5.11 Å². The molecule has 0 aliphatic heterocycles. The Balaban J connectivity index is 2.36. The fourth-order valence-electron chi connectivity index (χ4n) is 2.84. The van der Waals surface area contributed by atoms with E-state index in [9.17, 15) is 4.79 Å². The first-order valence-electron chi connectivity index (χ1n) is 6.34. The molecule has 2 heteroatoms. The van der Waals surface area contributed by atoms with Gasteiger partial charge in [0.1, 0.15) is 0 Å². The molecule has 0 fully saturated rings. The van der Waals surface area contributed by atoms with Crippen molar-refractivity contribution in [3.05, 3.63) is 34.9 Å². The first kappa shape index (κ1) is 12.2. The molecule has 2 nitrogen and oxygen atoms in total. The molecule has 92 valence electrons. The van der Waals surface area contributed by atoms with Gasteiger partial charge in [0, 0.05) is 0 Å². The molecule has 0 amide bonds. The van der Waals surface area contributed by atoms with Crippen molar-refractivity contribution in [2.45, 2.75) is 51.4 Å². The lowest BCUT2D eigenvalue weighted by Crippen LogP contribution is -2.03. The summed E-state index contributed by atoms with van der Waals surface area (Å²) in [7, 11) is 0. The largest absolute Gasteiger partial charge is 0.481 e. The normalized spacial score (nSPS) is 22.8. The van der Waals surface area contributed by atoms with Gasteiger partial charge >= 0.3 is 5.97 Å². The van der Waals surface area contributed by atoms with Crippen LogP contribution < -0.4 is 0 Å². The van der Waals surface area contributed by atoms with Crippen molar-refractivity contribution in [1.82, 2.24) is 0 Å². The molecular formula is C15H20O2. The highest BCUT2D eigenvalue weighted by atomic mass is 16.4. The Morgan fingerprint density at radius 2 is 2.12 bits per heavy atom. The molecule has 0 saturated heterocycles. The lowest BCUT2D eigenvalue weighted by Gasteiger charge is -2.12. The minimum atomic E-state index is -0.690. The fraction of sp³-hybridized carbons (Fsp3) is 0.533. The van der Waals surface area contributed by atoms with Crippen molar-refractivity contribution in [2.24, 2.45) is 0 Å². The molecule has 0 spiro atoms. The molecule has 0 heterocycles. The van der Waals surface area contributed by atoms with Crippen LogP contribution in [0.2, 0.25) is 0 Å². The van der Waals surface area contributed by atoms with Crippen LogP contribution in [0.25, 0.3) is 0 Å². The van der Waals surface area contributed by atoms with Crippen LogP contribution in [0.5, 0.6) is 0 Å². The molecule has 1 aromatic rings. The first-order valence-corrected chi connectivity index (χ1v) is 6.34. The van der Waals surface area contributed by atoms with Gasteiger partial charge in [0.25, 0.3) is 0 Å². The maximum absolute atomic E-state index is 10.9. The van der Waals surface area contributed by atoms with Crippen LogP contribution in [-0.4, -0.2) is 11.1 Å². The highest BCUT2D eigenvalue weighted by Gasteiger charge is 2.29. The van der Waals surface area contributed by atoms with E-state index in [2.05, 4.69) is 39.0 Å². The van der Waals surface area contributed by atoms with E-state index in [0.717, 1.165) is 6.42 Å². The van der Waals surface area contributed by atoms with Crippen LogP contribution in [-0.2, 0) is 4.79 Å². The van der Waals surface area contributed by atoms with E-state index in [0.29, 0.717) is 11.8 Å². The molecule has 0 radical (unpaired) electrons. The number of carboxylic acids is 1. The van der Waals surface area contributed by atoms with Crippen LogP contribution in [0.15, 0.2) is 18.2 Å². The Hall–Kier alpha value is -1.31. The molecule has 2 unspecified atom stereocenters. The first-order chi connectivity index (χ1) is 7.99. The summed E-state index contributed by atoms with van der Waals surface area (Å²) in [5, 5.41) is 8.96. The van der Waals surface area contributed by atoms with Crippen LogP contribution >= 0.6 is 0 Å². The summed E-state index contributed by atoms with van der Waals surface area (Å²) in [5.41, 5.74) is 3.93. The molecule has 1 N–H and O–H groups in total. The topological polar surface area (TPSA) is 37.3 Å². The Morgan fingerprint density at radius 1 is 1.41 bits per heavy atom. The predicted molar refractivity (Wildman–Crippen MR) is 68.6 cm³/mol. The summed E-state index contributed by atoms with van der Waals surface area (Å²) in [6.07, 6.45) is 1.24. The summed E-state index contributed by atoms with van der Waals surface area (Å²) in [6.45, 7) is 6.54. The van der Waals surface area contributed by atoms with Crippen molar-refractivity contribution < 1.29 is 9.90 Å². The van der Waals surface area contributed by atoms with Crippen molar-refractivity contribution >= 4 is 5.97 Å². The minimum absolute atomic E-state index is 0.205. The third-order valence-corrected chi connectivity index (χ3v) is 3.81. The van der Waals surface area contributed by atoms with E-state index in [1.807, 2.05) is 0 Å². The fourth-order valence-corrected chi connectivity index (χ4v) is 2.84. The van der Waals surface area contributed by atoms with Crippen LogP contribution in [0.1, 0.15) is 68.1 Å². The van der Waals surface area contributed by atoms with Gasteiger partial charge in [-0.1, -0.05) is 39.0 Å². The summed E-state index contributed by atoms with van der Waals surface area (Å²) in [5.74, 6) is 0.512. The van der Waals surface area contributed by atoms with Crippen molar-refractivity contribution in [1.29, 1.82) is 0 Å². The third kappa shape index (κ3) is 2.36. The summed E-state index contributed by atoms with van der Waals surface area (Å²) in [4.78, 5) is 10.9. The molecule has 17 heavy (non-hydrogen) atoms. The molecule has 2 atom stereocenters. The summed E-state index contributed by atoms with van der Waals surface area (Å²) >= 11 is 0. The number of carbonyl (C=O) groups is 1. The number of benzene rings is 1. The number of hydrogen-bond donors (Lipinski definition) is 1. The molecule has 2 rings (SSSR count). The Bertz CT molecular complexity index is 435. The summed E-state index contributed by atoms with van der Waals surface area (Å²) in [6, 6.07) is 6.59. The lowest BCUT2D eigenvalue weighted by atomic mass is 9.93. The van der Waals surface area contributed by atoms with Gasteiger partial charge in [0.15, 0.2) is 0 Å². The number of carboxylic acid groups (broad SMARTS) is 1. The maximum atomic E-state index is 10.9. The second kappa shape index (κ2) is 4.52. The SMILES string of the molecule is CC(C)c1ccc2c(c1)C(CC(=O)O)CC2C. The average molecular weight is 232 g/mol. The highest BCUT2D eigenvalue weighted by Crippen LogP contribution is 2.44. The Labute approximate surface area is 103 Å². The Morgan fingerprint density at radius 3 is 2.71 bits per heavy atom. The van der Waals surface area contributed by atoms with Gasteiger partial charge in [0.05, 0.1) is 6.42 Å². The Kier molecular flexibility index (Phi) is 3.23. The van der Waals surface area contributed by atoms with Gasteiger partial charge in [0.2, 0.25) is 0 Å². The zero-order chi connectivity index (χ0) is 12.6. The zero-order valence-corrected chi connectivity index (χ0v) is 10.7. The van der Waals surface area contributed by atoms with Crippen LogP contribution in [0.3, 0.4) is 0 Å².